The van der Waals surface area contributed by atoms with Crippen molar-refractivity contribution in [2.75, 3.05) is 13.1 Å². The summed E-state index contributed by atoms with van der Waals surface area (Å²) >= 11 is 0. The third-order valence-electron chi connectivity index (χ3n) is 2.08. The van der Waals surface area contributed by atoms with Crippen LogP contribution in [-0.2, 0) is 4.79 Å². The van der Waals surface area contributed by atoms with Gasteiger partial charge in [-0.25, -0.2) is 4.39 Å². The van der Waals surface area contributed by atoms with Crippen molar-refractivity contribution in [3.8, 4) is 0 Å². The minimum Gasteiger partial charge on any atom is -0.351 e. The number of halogens is 1. The van der Waals surface area contributed by atoms with Gasteiger partial charge in [0, 0.05) is 12.1 Å². The van der Waals surface area contributed by atoms with E-state index in [0.717, 1.165) is 11.6 Å². The number of nitrogens with one attached hydrogen (secondary N) is 2. The van der Waals surface area contributed by atoms with Gasteiger partial charge in [0.05, 0.1) is 6.54 Å². The van der Waals surface area contributed by atoms with E-state index in [9.17, 15) is 14.0 Å². The average Bonchev–Trinajstić information content (AvgIpc) is 2.33. The summed E-state index contributed by atoms with van der Waals surface area (Å²) < 4.78 is 12.9. The third kappa shape index (κ3) is 4.78. The summed E-state index contributed by atoms with van der Waals surface area (Å²) in [6.45, 7) is 5.64. The normalized spacial score (nSPS) is 9.67. The quantitative estimate of drug-likeness (QED) is 0.773. The summed E-state index contributed by atoms with van der Waals surface area (Å²) in [5.41, 5.74) is 1.00. The maximum atomic E-state index is 12.9. The van der Waals surface area contributed by atoms with Gasteiger partial charge >= 0.3 is 0 Å². The van der Waals surface area contributed by atoms with Gasteiger partial charge in [0.15, 0.2) is 0 Å². The number of carbonyl (C=O) groups excluding carboxylic acids is 2. The smallest absolute Gasteiger partial charge is 0.251 e. The van der Waals surface area contributed by atoms with Gasteiger partial charge in [-0.15, -0.1) is 0 Å². The number of amides is 2. The molecule has 0 aliphatic heterocycles. The summed E-state index contributed by atoms with van der Waals surface area (Å²) in [5.74, 6) is -1.29. The monoisotopic (exact) mass is 250 g/mol. The van der Waals surface area contributed by atoms with Crippen molar-refractivity contribution in [3.05, 3.63) is 47.8 Å². The van der Waals surface area contributed by atoms with E-state index < -0.39 is 11.7 Å². The van der Waals surface area contributed by atoms with Gasteiger partial charge in [-0.2, -0.15) is 0 Å². The molecule has 0 unspecified atom stereocenters. The van der Waals surface area contributed by atoms with Crippen LogP contribution in [0.1, 0.15) is 17.3 Å². The highest BCUT2D eigenvalue weighted by atomic mass is 19.1. The fourth-order valence-electron chi connectivity index (χ4n) is 1.20. The topological polar surface area (TPSA) is 58.2 Å². The lowest BCUT2D eigenvalue weighted by Crippen LogP contribution is -2.37. The van der Waals surface area contributed by atoms with E-state index in [0.29, 0.717) is 6.54 Å². The Hall–Kier alpha value is -2.17. The first-order valence-electron chi connectivity index (χ1n) is 5.44. The lowest BCUT2D eigenvalue weighted by molar-refractivity contribution is -0.119. The van der Waals surface area contributed by atoms with Crippen LogP contribution >= 0.6 is 0 Å². The maximum absolute atomic E-state index is 12.9. The molecule has 0 saturated carbocycles. The van der Waals surface area contributed by atoms with E-state index in [2.05, 4.69) is 17.2 Å². The van der Waals surface area contributed by atoms with E-state index in [-0.39, 0.29) is 18.0 Å². The number of hydrogen-bond donors (Lipinski definition) is 2. The van der Waals surface area contributed by atoms with Gasteiger partial charge in [-0.05, 0) is 25.1 Å². The van der Waals surface area contributed by atoms with Gasteiger partial charge in [0.1, 0.15) is 5.82 Å². The highest BCUT2D eigenvalue weighted by Crippen LogP contribution is 2.02. The summed E-state index contributed by atoms with van der Waals surface area (Å²) in [5, 5.41) is 4.98. The molecule has 18 heavy (non-hydrogen) atoms. The minimum absolute atomic E-state index is 0.150. The second-order valence-corrected chi connectivity index (χ2v) is 3.93. The van der Waals surface area contributed by atoms with Gasteiger partial charge in [0.25, 0.3) is 5.91 Å². The standard InChI is InChI=1S/C13H15FN2O2/c1-9(2)7-15-12(17)8-16-13(18)10-4-3-5-11(14)6-10/h3-6H,1,7-8H2,2H3,(H,15,17)(H,16,18). The highest BCUT2D eigenvalue weighted by Gasteiger charge is 2.08. The predicted molar refractivity (Wildman–Crippen MR) is 66.6 cm³/mol. The Kier molecular flexibility index (Phi) is 5.05. The molecular formula is C13H15FN2O2. The molecule has 0 fully saturated rings. The van der Waals surface area contributed by atoms with Gasteiger partial charge < -0.3 is 10.6 Å². The lowest BCUT2D eigenvalue weighted by Gasteiger charge is -2.06. The summed E-state index contributed by atoms with van der Waals surface area (Å²) in [6.07, 6.45) is 0. The maximum Gasteiger partial charge on any atom is 0.251 e. The molecule has 0 aliphatic rings. The van der Waals surface area contributed by atoms with Crippen molar-refractivity contribution in [1.82, 2.24) is 10.6 Å². The number of hydrogen-bond acceptors (Lipinski definition) is 2. The van der Waals surface area contributed by atoms with Crippen LogP contribution in [0.5, 0.6) is 0 Å². The van der Waals surface area contributed by atoms with E-state index in [4.69, 9.17) is 0 Å². The zero-order chi connectivity index (χ0) is 13.5. The van der Waals surface area contributed by atoms with Crippen LogP contribution < -0.4 is 10.6 Å². The molecule has 1 rings (SSSR count). The van der Waals surface area contributed by atoms with Crippen molar-refractivity contribution < 1.29 is 14.0 Å². The third-order valence-corrected chi connectivity index (χ3v) is 2.08. The van der Waals surface area contributed by atoms with Crippen molar-refractivity contribution in [2.24, 2.45) is 0 Å². The number of carbonyl (C=O) groups is 2. The van der Waals surface area contributed by atoms with Crippen LogP contribution in [0.25, 0.3) is 0 Å². The lowest BCUT2D eigenvalue weighted by atomic mass is 10.2. The largest absolute Gasteiger partial charge is 0.351 e. The van der Waals surface area contributed by atoms with E-state index in [1.165, 1.54) is 18.2 Å². The predicted octanol–water partition coefficient (Wildman–Crippen LogP) is 1.25. The first-order valence-corrected chi connectivity index (χ1v) is 5.44. The molecule has 2 amide bonds. The van der Waals surface area contributed by atoms with Crippen molar-refractivity contribution >= 4 is 11.8 Å². The molecule has 0 aromatic heterocycles. The molecule has 1 aromatic rings. The Morgan fingerprint density at radius 3 is 2.61 bits per heavy atom. The second-order valence-electron chi connectivity index (χ2n) is 3.93. The molecule has 0 radical (unpaired) electrons. The molecule has 0 saturated heterocycles. The zero-order valence-electron chi connectivity index (χ0n) is 10.1. The summed E-state index contributed by atoms with van der Waals surface area (Å²) in [4.78, 5) is 22.9. The van der Waals surface area contributed by atoms with Crippen LogP contribution in [0.2, 0.25) is 0 Å². The molecule has 0 heterocycles. The fourth-order valence-corrected chi connectivity index (χ4v) is 1.20. The molecule has 0 spiro atoms. The van der Waals surface area contributed by atoms with Gasteiger partial charge in [-0.1, -0.05) is 18.2 Å². The first kappa shape index (κ1) is 13.9. The Balaban J connectivity index is 2.42. The minimum atomic E-state index is -0.491. The Labute approximate surface area is 105 Å². The summed E-state index contributed by atoms with van der Waals surface area (Å²) in [7, 11) is 0. The molecule has 0 atom stereocenters. The van der Waals surface area contributed by atoms with Crippen LogP contribution in [0.3, 0.4) is 0 Å². The van der Waals surface area contributed by atoms with Gasteiger partial charge in [-0.3, -0.25) is 9.59 Å². The van der Waals surface area contributed by atoms with Crippen molar-refractivity contribution in [3.63, 3.8) is 0 Å². The van der Waals surface area contributed by atoms with Crippen LogP contribution in [0.15, 0.2) is 36.4 Å². The molecule has 0 aliphatic carbocycles. The van der Waals surface area contributed by atoms with Crippen LogP contribution in [0.4, 0.5) is 4.39 Å². The molecule has 0 bridgehead atoms. The number of rotatable bonds is 5. The van der Waals surface area contributed by atoms with Gasteiger partial charge in [0.2, 0.25) is 5.91 Å². The highest BCUT2D eigenvalue weighted by molar-refractivity contribution is 5.96. The van der Waals surface area contributed by atoms with Crippen LogP contribution in [-0.4, -0.2) is 24.9 Å². The molecule has 5 heteroatoms. The van der Waals surface area contributed by atoms with E-state index in [1.807, 2.05) is 0 Å². The zero-order valence-corrected chi connectivity index (χ0v) is 10.1. The van der Waals surface area contributed by atoms with Crippen LogP contribution in [0, 0.1) is 5.82 Å². The molecular weight excluding hydrogens is 235 g/mol. The van der Waals surface area contributed by atoms with Crippen molar-refractivity contribution in [2.45, 2.75) is 6.92 Å². The fraction of sp³-hybridized carbons (Fsp3) is 0.231. The molecule has 1 aromatic carbocycles. The summed E-state index contributed by atoms with van der Waals surface area (Å²) in [6, 6.07) is 5.27. The van der Waals surface area contributed by atoms with E-state index >= 15 is 0 Å². The average molecular weight is 250 g/mol. The Bertz CT molecular complexity index is 472. The van der Waals surface area contributed by atoms with Crippen molar-refractivity contribution in [1.29, 1.82) is 0 Å². The first-order chi connectivity index (χ1) is 8.49. The Morgan fingerprint density at radius 1 is 1.28 bits per heavy atom. The SMILES string of the molecule is C=C(C)CNC(=O)CNC(=O)c1cccc(F)c1. The Morgan fingerprint density at radius 2 is 2.00 bits per heavy atom. The second kappa shape index (κ2) is 6.54. The molecule has 96 valence electrons. The molecule has 2 N–H and O–H groups in total. The van der Waals surface area contributed by atoms with E-state index in [1.54, 1.807) is 6.92 Å². The molecule has 4 nitrogen and oxygen atoms in total. The number of benzene rings is 1.